The van der Waals surface area contributed by atoms with E-state index in [-0.39, 0.29) is 0 Å². The zero-order valence-corrected chi connectivity index (χ0v) is 11.6. The smallest absolute Gasteiger partial charge is 0.236 e. The molecule has 0 aromatic carbocycles. The number of aliphatic hydroxyl groups is 1. The molecule has 3 heterocycles. The molecule has 3 rings (SSSR count). The summed E-state index contributed by atoms with van der Waals surface area (Å²) in [6.45, 7) is 3.23. The Bertz CT molecular complexity index is 501. The molecular formula is C14H18N2O2S. The van der Waals surface area contributed by atoms with Crippen molar-refractivity contribution in [2.75, 3.05) is 19.7 Å². The van der Waals surface area contributed by atoms with E-state index < -0.39 is 0 Å². The summed E-state index contributed by atoms with van der Waals surface area (Å²) >= 11 is 1.64. The summed E-state index contributed by atoms with van der Waals surface area (Å²) in [7, 11) is 0. The number of aliphatic hydroxyl groups excluding tert-OH is 1. The van der Waals surface area contributed by atoms with Gasteiger partial charge in [-0.1, -0.05) is 6.07 Å². The second kappa shape index (κ2) is 5.86. The Hall–Kier alpha value is -1.17. The lowest BCUT2D eigenvalue weighted by Gasteiger charge is -2.30. The predicted octanol–water partition coefficient (Wildman–Crippen LogP) is 2.61. The Morgan fingerprint density at radius 3 is 2.95 bits per heavy atom. The van der Waals surface area contributed by atoms with Gasteiger partial charge in [0.2, 0.25) is 5.89 Å². The minimum atomic E-state index is 0.320. The minimum absolute atomic E-state index is 0.320. The predicted molar refractivity (Wildman–Crippen MR) is 74.9 cm³/mol. The fourth-order valence-electron chi connectivity index (χ4n) is 2.45. The van der Waals surface area contributed by atoms with Crippen molar-refractivity contribution in [3.8, 4) is 10.8 Å². The SMILES string of the molecule is OCC1CCN(Cc2coc(-c3cccs3)n2)CC1. The lowest BCUT2D eigenvalue weighted by atomic mass is 9.98. The van der Waals surface area contributed by atoms with Crippen LogP contribution < -0.4 is 0 Å². The maximum atomic E-state index is 9.13. The van der Waals surface area contributed by atoms with E-state index in [1.54, 1.807) is 17.6 Å². The van der Waals surface area contributed by atoms with Gasteiger partial charge in [-0.2, -0.15) is 0 Å². The van der Waals surface area contributed by atoms with Crippen molar-refractivity contribution in [2.24, 2.45) is 5.92 Å². The summed E-state index contributed by atoms with van der Waals surface area (Å²) in [6, 6.07) is 4.02. The first-order valence-electron chi connectivity index (χ1n) is 6.66. The van der Waals surface area contributed by atoms with Crippen molar-refractivity contribution in [1.29, 1.82) is 0 Å². The monoisotopic (exact) mass is 278 g/mol. The van der Waals surface area contributed by atoms with E-state index in [4.69, 9.17) is 9.52 Å². The number of hydrogen-bond acceptors (Lipinski definition) is 5. The van der Waals surface area contributed by atoms with Crippen molar-refractivity contribution in [3.05, 3.63) is 29.5 Å². The highest BCUT2D eigenvalue weighted by molar-refractivity contribution is 7.13. The van der Waals surface area contributed by atoms with E-state index >= 15 is 0 Å². The van der Waals surface area contributed by atoms with E-state index in [2.05, 4.69) is 9.88 Å². The van der Waals surface area contributed by atoms with Crippen LogP contribution in [0.5, 0.6) is 0 Å². The van der Waals surface area contributed by atoms with Crippen molar-refractivity contribution < 1.29 is 9.52 Å². The average molecular weight is 278 g/mol. The van der Waals surface area contributed by atoms with Gasteiger partial charge in [-0.3, -0.25) is 4.90 Å². The molecule has 4 nitrogen and oxygen atoms in total. The zero-order chi connectivity index (χ0) is 13.1. The quantitative estimate of drug-likeness (QED) is 0.934. The Balaban J connectivity index is 1.59. The Labute approximate surface area is 116 Å². The lowest BCUT2D eigenvalue weighted by Crippen LogP contribution is -2.34. The zero-order valence-electron chi connectivity index (χ0n) is 10.8. The third kappa shape index (κ3) is 3.05. The highest BCUT2D eigenvalue weighted by Gasteiger charge is 2.19. The molecule has 1 saturated heterocycles. The maximum Gasteiger partial charge on any atom is 0.236 e. The van der Waals surface area contributed by atoms with Crippen LogP contribution in [0, 0.1) is 5.92 Å². The standard InChI is InChI=1S/C14H18N2O2S/c17-9-11-3-5-16(6-4-11)8-12-10-18-14(15-12)13-2-1-7-19-13/h1-2,7,10-11,17H,3-6,8-9H2. The Morgan fingerprint density at radius 2 is 2.26 bits per heavy atom. The average Bonchev–Trinajstić information content (AvgIpc) is 3.10. The number of piperidine rings is 1. The van der Waals surface area contributed by atoms with Gasteiger partial charge in [-0.25, -0.2) is 4.98 Å². The number of oxazole rings is 1. The lowest BCUT2D eigenvalue weighted by molar-refractivity contribution is 0.126. The second-order valence-corrected chi connectivity index (χ2v) is 5.97. The van der Waals surface area contributed by atoms with Gasteiger partial charge in [0, 0.05) is 13.2 Å². The van der Waals surface area contributed by atoms with Crippen molar-refractivity contribution >= 4 is 11.3 Å². The number of hydrogen-bond donors (Lipinski definition) is 1. The van der Waals surface area contributed by atoms with E-state index in [1.165, 1.54) is 0 Å². The number of nitrogens with zero attached hydrogens (tertiary/aromatic N) is 2. The molecular weight excluding hydrogens is 260 g/mol. The first kappa shape index (κ1) is 12.8. The molecule has 0 saturated carbocycles. The number of likely N-dealkylation sites (tertiary alicyclic amines) is 1. The summed E-state index contributed by atoms with van der Waals surface area (Å²) in [5.74, 6) is 1.20. The molecule has 0 amide bonds. The van der Waals surface area contributed by atoms with Gasteiger partial charge in [-0.05, 0) is 43.3 Å². The Kier molecular flexibility index (Phi) is 3.96. The first-order valence-corrected chi connectivity index (χ1v) is 7.54. The van der Waals surface area contributed by atoms with Crippen molar-refractivity contribution in [1.82, 2.24) is 9.88 Å². The summed E-state index contributed by atoms with van der Waals surface area (Å²) in [4.78, 5) is 7.99. The maximum absolute atomic E-state index is 9.13. The van der Waals surface area contributed by atoms with Gasteiger partial charge in [0.05, 0.1) is 10.6 Å². The van der Waals surface area contributed by atoms with E-state index in [1.807, 2.05) is 17.5 Å². The highest BCUT2D eigenvalue weighted by Crippen LogP contribution is 2.24. The van der Waals surface area contributed by atoms with Gasteiger partial charge < -0.3 is 9.52 Å². The van der Waals surface area contributed by atoms with Crippen LogP contribution in [-0.4, -0.2) is 34.7 Å². The summed E-state index contributed by atoms with van der Waals surface area (Å²) < 4.78 is 5.53. The molecule has 0 radical (unpaired) electrons. The van der Waals surface area contributed by atoms with E-state index in [0.717, 1.165) is 48.9 Å². The molecule has 0 aliphatic carbocycles. The van der Waals surface area contributed by atoms with E-state index in [0.29, 0.717) is 12.5 Å². The number of rotatable bonds is 4. The third-order valence-corrected chi connectivity index (χ3v) is 4.49. The molecule has 2 aromatic heterocycles. The van der Waals surface area contributed by atoms with Crippen LogP contribution in [0.2, 0.25) is 0 Å². The van der Waals surface area contributed by atoms with Gasteiger partial charge in [0.25, 0.3) is 0 Å². The van der Waals surface area contributed by atoms with Crippen molar-refractivity contribution in [3.63, 3.8) is 0 Å². The first-order chi connectivity index (χ1) is 9.35. The molecule has 1 N–H and O–H groups in total. The molecule has 1 aliphatic rings. The van der Waals surface area contributed by atoms with Crippen LogP contribution in [0.1, 0.15) is 18.5 Å². The van der Waals surface area contributed by atoms with Crippen LogP contribution >= 0.6 is 11.3 Å². The third-order valence-electron chi connectivity index (χ3n) is 3.63. The summed E-state index contributed by atoms with van der Waals surface area (Å²) in [6.07, 6.45) is 3.91. The molecule has 0 atom stereocenters. The largest absolute Gasteiger partial charge is 0.444 e. The summed E-state index contributed by atoms with van der Waals surface area (Å²) in [5, 5.41) is 11.2. The molecule has 19 heavy (non-hydrogen) atoms. The van der Waals surface area contributed by atoms with Crippen LogP contribution in [0.25, 0.3) is 10.8 Å². The highest BCUT2D eigenvalue weighted by atomic mass is 32.1. The molecule has 1 fully saturated rings. The molecule has 102 valence electrons. The Morgan fingerprint density at radius 1 is 1.42 bits per heavy atom. The van der Waals surface area contributed by atoms with E-state index in [9.17, 15) is 0 Å². The molecule has 1 aliphatic heterocycles. The van der Waals surface area contributed by atoms with Gasteiger partial charge in [0.1, 0.15) is 6.26 Å². The number of thiophene rings is 1. The topological polar surface area (TPSA) is 49.5 Å². The van der Waals surface area contributed by atoms with Gasteiger partial charge in [-0.15, -0.1) is 11.3 Å². The second-order valence-electron chi connectivity index (χ2n) is 5.02. The molecule has 5 heteroatoms. The van der Waals surface area contributed by atoms with Crippen LogP contribution in [0.15, 0.2) is 28.2 Å². The van der Waals surface area contributed by atoms with Gasteiger partial charge >= 0.3 is 0 Å². The molecule has 0 bridgehead atoms. The minimum Gasteiger partial charge on any atom is -0.444 e. The van der Waals surface area contributed by atoms with Crippen LogP contribution in [0.3, 0.4) is 0 Å². The van der Waals surface area contributed by atoms with Crippen molar-refractivity contribution in [2.45, 2.75) is 19.4 Å². The fourth-order valence-corrected chi connectivity index (χ4v) is 3.10. The molecule has 0 unspecified atom stereocenters. The fraction of sp³-hybridized carbons (Fsp3) is 0.500. The number of aromatic nitrogens is 1. The summed E-state index contributed by atoms with van der Waals surface area (Å²) in [5.41, 5.74) is 0.992. The normalized spacial score (nSPS) is 17.9. The molecule has 0 spiro atoms. The molecule has 2 aromatic rings. The van der Waals surface area contributed by atoms with Crippen LogP contribution in [-0.2, 0) is 6.54 Å². The van der Waals surface area contributed by atoms with Gasteiger partial charge in [0.15, 0.2) is 0 Å². The van der Waals surface area contributed by atoms with Crippen LogP contribution in [0.4, 0.5) is 0 Å².